The van der Waals surface area contributed by atoms with E-state index in [1.165, 1.54) is 4.90 Å². The lowest BCUT2D eigenvalue weighted by Gasteiger charge is -2.29. The van der Waals surface area contributed by atoms with Gasteiger partial charge in [0, 0.05) is 11.3 Å². The Morgan fingerprint density at radius 1 is 1.09 bits per heavy atom. The number of carbonyl (C=O) groups is 1. The van der Waals surface area contributed by atoms with Crippen molar-refractivity contribution in [2.75, 3.05) is 11.4 Å². The van der Waals surface area contributed by atoms with Crippen LogP contribution in [0.25, 0.3) is 0 Å². The van der Waals surface area contributed by atoms with Gasteiger partial charge in [-0.05, 0) is 43.4 Å². The Kier molecular flexibility index (Phi) is 3.68. The average Bonchev–Trinajstić information content (AvgIpc) is 2.78. The first kappa shape index (κ1) is 14.7. The first-order valence-corrected chi connectivity index (χ1v) is 7.40. The highest BCUT2D eigenvalue weighted by Crippen LogP contribution is 2.31. The molecular formula is C17H16N2O2S. The van der Waals surface area contributed by atoms with Crippen molar-refractivity contribution in [1.82, 2.24) is 4.90 Å². The van der Waals surface area contributed by atoms with Crippen molar-refractivity contribution in [3.05, 3.63) is 66.2 Å². The van der Waals surface area contributed by atoms with Crippen LogP contribution in [0, 0.1) is 0 Å². The van der Waals surface area contributed by atoms with Gasteiger partial charge in [-0.15, -0.1) is 0 Å². The summed E-state index contributed by atoms with van der Waals surface area (Å²) < 4.78 is 0. The lowest BCUT2D eigenvalue weighted by Crippen LogP contribution is -2.44. The Morgan fingerprint density at radius 3 is 2.23 bits per heavy atom. The molecule has 0 saturated carbocycles. The molecule has 5 heteroatoms. The monoisotopic (exact) mass is 312 g/mol. The highest BCUT2D eigenvalue weighted by atomic mass is 32.1. The Labute approximate surface area is 134 Å². The average molecular weight is 312 g/mol. The van der Waals surface area contributed by atoms with Crippen LogP contribution in [0.3, 0.4) is 0 Å². The third kappa shape index (κ3) is 2.49. The second kappa shape index (κ2) is 5.51. The fourth-order valence-electron chi connectivity index (χ4n) is 2.63. The van der Waals surface area contributed by atoms with Crippen molar-refractivity contribution >= 4 is 28.9 Å². The molecule has 1 aliphatic heterocycles. The van der Waals surface area contributed by atoms with Crippen molar-refractivity contribution in [3.8, 4) is 0 Å². The number of benzene rings is 2. The van der Waals surface area contributed by atoms with E-state index in [-0.39, 0.29) is 12.5 Å². The third-order valence-corrected chi connectivity index (χ3v) is 4.04. The third-order valence-electron chi connectivity index (χ3n) is 3.64. The number of hydrogen-bond donors (Lipinski definition) is 1. The van der Waals surface area contributed by atoms with Crippen LogP contribution in [0.4, 0.5) is 5.69 Å². The quantitative estimate of drug-likeness (QED) is 0.866. The van der Waals surface area contributed by atoms with Crippen molar-refractivity contribution in [2.45, 2.75) is 12.6 Å². The molecule has 1 amide bonds. The number of β-amino-alcohol motifs (C(OH)–C–C–N with tert-alkyl or cyclic N) is 1. The zero-order chi connectivity index (χ0) is 15.7. The molecule has 22 heavy (non-hydrogen) atoms. The molecule has 112 valence electrons. The second-order valence-corrected chi connectivity index (χ2v) is 5.79. The standard InChI is InChI=1S/C17H16N2O2S/c1-17(21)12-18(15(20)13-8-4-2-5-9-13)16(22)19(17)14-10-6-3-7-11-14/h2-11,21H,12H2,1H3. The Hall–Kier alpha value is -2.24. The number of nitrogens with zero attached hydrogens (tertiary/aromatic N) is 2. The molecule has 2 aromatic rings. The number of hydrogen-bond acceptors (Lipinski definition) is 3. The van der Waals surface area contributed by atoms with Crippen LogP contribution < -0.4 is 4.90 Å². The molecular weight excluding hydrogens is 296 g/mol. The number of rotatable bonds is 2. The molecule has 1 saturated heterocycles. The lowest BCUT2D eigenvalue weighted by atomic mass is 10.2. The van der Waals surface area contributed by atoms with Crippen molar-refractivity contribution in [2.24, 2.45) is 0 Å². The summed E-state index contributed by atoms with van der Waals surface area (Å²) in [5.74, 6) is -0.204. The summed E-state index contributed by atoms with van der Waals surface area (Å²) in [4.78, 5) is 15.7. The largest absolute Gasteiger partial charge is 0.369 e. The summed E-state index contributed by atoms with van der Waals surface area (Å²) in [6, 6.07) is 18.3. The molecule has 1 heterocycles. The van der Waals surface area contributed by atoms with Gasteiger partial charge in [-0.25, -0.2) is 0 Å². The van der Waals surface area contributed by atoms with Crippen molar-refractivity contribution in [1.29, 1.82) is 0 Å². The fraction of sp³-hybridized carbons (Fsp3) is 0.176. The predicted molar refractivity (Wildman–Crippen MR) is 89.6 cm³/mol. The zero-order valence-corrected chi connectivity index (χ0v) is 13.0. The van der Waals surface area contributed by atoms with Crippen LogP contribution in [0.2, 0.25) is 0 Å². The number of amides is 1. The van der Waals surface area contributed by atoms with E-state index in [4.69, 9.17) is 12.2 Å². The molecule has 0 aromatic heterocycles. The summed E-state index contributed by atoms with van der Waals surface area (Å²) in [5, 5.41) is 11.0. The molecule has 1 aliphatic rings. The summed E-state index contributed by atoms with van der Waals surface area (Å²) in [6.45, 7) is 1.79. The predicted octanol–water partition coefficient (Wildman–Crippen LogP) is 2.64. The van der Waals surface area contributed by atoms with Gasteiger partial charge in [-0.1, -0.05) is 36.4 Å². The molecule has 0 radical (unpaired) electrons. The number of aliphatic hydroxyl groups is 1. The Balaban J connectivity index is 1.94. The van der Waals surface area contributed by atoms with Crippen molar-refractivity contribution in [3.63, 3.8) is 0 Å². The minimum atomic E-state index is -1.23. The molecule has 3 rings (SSSR count). The van der Waals surface area contributed by atoms with Gasteiger partial charge in [0.1, 0.15) is 0 Å². The number of carbonyl (C=O) groups excluding carboxylic acids is 1. The van der Waals surface area contributed by atoms with E-state index in [1.54, 1.807) is 36.1 Å². The Morgan fingerprint density at radius 2 is 1.64 bits per heavy atom. The fourth-order valence-corrected chi connectivity index (χ4v) is 3.08. The van der Waals surface area contributed by atoms with Gasteiger partial charge in [0.2, 0.25) is 0 Å². The SMILES string of the molecule is CC1(O)CN(C(=O)c2ccccc2)C(=S)N1c1ccccc1. The van der Waals surface area contributed by atoms with Crippen LogP contribution >= 0.6 is 12.2 Å². The topological polar surface area (TPSA) is 43.8 Å². The molecule has 1 unspecified atom stereocenters. The second-order valence-electron chi connectivity index (χ2n) is 5.43. The van der Waals surface area contributed by atoms with E-state index in [9.17, 15) is 9.90 Å². The number of para-hydroxylation sites is 1. The van der Waals surface area contributed by atoms with Crippen LogP contribution in [-0.4, -0.2) is 33.3 Å². The van der Waals surface area contributed by atoms with Crippen LogP contribution in [0.5, 0.6) is 0 Å². The zero-order valence-electron chi connectivity index (χ0n) is 12.1. The van der Waals surface area contributed by atoms with E-state index < -0.39 is 5.72 Å². The van der Waals surface area contributed by atoms with Crippen LogP contribution in [0.1, 0.15) is 17.3 Å². The smallest absolute Gasteiger partial charge is 0.260 e. The number of anilines is 1. The first-order valence-electron chi connectivity index (χ1n) is 6.99. The van der Waals surface area contributed by atoms with Gasteiger partial charge in [-0.3, -0.25) is 14.6 Å². The molecule has 0 bridgehead atoms. The van der Waals surface area contributed by atoms with Gasteiger partial charge >= 0.3 is 0 Å². The molecule has 1 atom stereocenters. The van der Waals surface area contributed by atoms with E-state index in [1.807, 2.05) is 36.4 Å². The lowest BCUT2D eigenvalue weighted by molar-refractivity contribution is 0.0588. The van der Waals surface area contributed by atoms with Gasteiger partial charge in [0.15, 0.2) is 10.8 Å². The minimum absolute atomic E-state index is 0.133. The maximum Gasteiger partial charge on any atom is 0.260 e. The van der Waals surface area contributed by atoms with E-state index >= 15 is 0 Å². The summed E-state index contributed by atoms with van der Waals surface area (Å²) in [7, 11) is 0. The molecule has 4 nitrogen and oxygen atoms in total. The maximum absolute atomic E-state index is 12.6. The first-order chi connectivity index (χ1) is 10.5. The Bertz CT molecular complexity index is 701. The van der Waals surface area contributed by atoms with Crippen molar-refractivity contribution < 1.29 is 9.90 Å². The summed E-state index contributed by atoms with van der Waals surface area (Å²) in [6.07, 6.45) is 0. The normalized spacial score (nSPS) is 21.3. The van der Waals surface area contributed by atoms with Gasteiger partial charge in [0.25, 0.3) is 5.91 Å². The molecule has 1 fully saturated rings. The summed E-state index contributed by atoms with van der Waals surface area (Å²) in [5.41, 5.74) is 0.0829. The molecule has 1 N–H and O–H groups in total. The van der Waals surface area contributed by atoms with Crippen LogP contribution in [0.15, 0.2) is 60.7 Å². The molecule has 0 aliphatic carbocycles. The van der Waals surface area contributed by atoms with E-state index in [2.05, 4.69) is 0 Å². The molecule has 2 aromatic carbocycles. The van der Waals surface area contributed by atoms with E-state index in [0.717, 1.165) is 5.69 Å². The summed E-state index contributed by atoms with van der Waals surface area (Å²) >= 11 is 5.44. The van der Waals surface area contributed by atoms with Gasteiger partial charge in [0.05, 0.1) is 6.54 Å². The van der Waals surface area contributed by atoms with Gasteiger partial charge < -0.3 is 5.11 Å². The minimum Gasteiger partial charge on any atom is -0.369 e. The van der Waals surface area contributed by atoms with E-state index in [0.29, 0.717) is 10.7 Å². The molecule has 0 spiro atoms. The highest BCUT2D eigenvalue weighted by Gasteiger charge is 2.46. The van der Waals surface area contributed by atoms with Gasteiger partial charge in [-0.2, -0.15) is 0 Å². The van der Waals surface area contributed by atoms with Crippen LogP contribution in [-0.2, 0) is 0 Å². The number of thiocarbonyl (C=S) groups is 1. The maximum atomic E-state index is 12.6. The highest BCUT2D eigenvalue weighted by molar-refractivity contribution is 7.80.